The van der Waals surface area contributed by atoms with Gasteiger partial charge in [-0.2, -0.15) is 0 Å². The number of carbonyl (C=O) groups is 2. The van der Waals surface area contributed by atoms with Crippen molar-refractivity contribution in [1.82, 2.24) is 10.6 Å². The highest BCUT2D eigenvalue weighted by atomic mass is 32.1. The summed E-state index contributed by atoms with van der Waals surface area (Å²) in [6, 6.07) is 13.0. The Balaban J connectivity index is 1.29. The summed E-state index contributed by atoms with van der Waals surface area (Å²) in [7, 11) is 0. The van der Waals surface area contributed by atoms with Gasteiger partial charge < -0.3 is 25.2 Å². The van der Waals surface area contributed by atoms with Crippen LogP contribution in [0, 0.1) is 0 Å². The maximum Gasteiger partial charge on any atom is 0.309 e. The fraction of sp³-hybridized carbons (Fsp3) is 0.200. The van der Waals surface area contributed by atoms with Gasteiger partial charge in [0.05, 0.1) is 6.10 Å². The minimum atomic E-state index is -0.887. The lowest BCUT2D eigenvalue weighted by Crippen LogP contribution is -2.41. The van der Waals surface area contributed by atoms with E-state index in [1.54, 1.807) is 18.2 Å². The summed E-state index contributed by atoms with van der Waals surface area (Å²) < 4.78 is 11.6. The van der Waals surface area contributed by atoms with Gasteiger partial charge in [0.25, 0.3) is 0 Å². The van der Waals surface area contributed by atoms with Gasteiger partial charge in [0.15, 0.2) is 11.5 Å². The van der Waals surface area contributed by atoms with Gasteiger partial charge in [-0.1, -0.05) is 24.3 Å². The third-order valence-electron chi connectivity index (χ3n) is 4.42. The predicted molar refractivity (Wildman–Crippen MR) is 104 cm³/mol. The van der Waals surface area contributed by atoms with E-state index in [0.29, 0.717) is 11.5 Å². The number of aliphatic hydroxyl groups is 1. The fourth-order valence-electron chi connectivity index (χ4n) is 2.95. The second kappa shape index (κ2) is 7.87. The molecule has 0 radical (unpaired) electrons. The monoisotopic (exact) mass is 398 g/mol. The minimum absolute atomic E-state index is 0.0446. The van der Waals surface area contributed by atoms with E-state index >= 15 is 0 Å². The Morgan fingerprint density at radius 1 is 1.07 bits per heavy atom. The van der Waals surface area contributed by atoms with Crippen molar-refractivity contribution in [2.24, 2.45) is 0 Å². The van der Waals surface area contributed by atoms with Gasteiger partial charge in [-0.15, -0.1) is 11.3 Å². The fourth-order valence-corrected chi connectivity index (χ4v) is 3.96. The Labute approximate surface area is 164 Å². The molecular formula is C20H18N2O5S. The van der Waals surface area contributed by atoms with Gasteiger partial charge in [-0.25, -0.2) is 0 Å². The molecule has 0 saturated heterocycles. The molecule has 1 aliphatic rings. The lowest BCUT2D eigenvalue weighted by molar-refractivity contribution is -0.139. The van der Waals surface area contributed by atoms with E-state index in [1.807, 2.05) is 29.6 Å². The first kappa shape index (κ1) is 18.3. The maximum atomic E-state index is 12.0. The highest BCUT2D eigenvalue weighted by Crippen LogP contribution is 2.32. The number of nitrogens with one attached hydrogen (secondary N) is 2. The second-order valence-electron chi connectivity index (χ2n) is 6.28. The third kappa shape index (κ3) is 3.78. The smallest absolute Gasteiger partial charge is 0.309 e. The summed E-state index contributed by atoms with van der Waals surface area (Å²) in [5.41, 5.74) is 1.52. The number of carbonyl (C=O) groups excluding carboxylic acids is 2. The van der Waals surface area contributed by atoms with Crippen molar-refractivity contribution in [3.05, 3.63) is 59.0 Å². The molecule has 0 fully saturated rings. The zero-order valence-corrected chi connectivity index (χ0v) is 15.6. The summed E-state index contributed by atoms with van der Waals surface area (Å²) >= 11 is 1.53. The summed E-state index contributed by atoms with van der Waals surface area (Å²) in [4.78, 5) is 24.0. The topological polar surface area (TPSA) is 96.9 Å². The van der Waals surface area contributed by atoms with E-state index in [2.05, 4.69) is 10.6 Å². The van der Waals surface area contributed by atoms with Crippen LogP contribution in [0.5, 0.6) is 11.5 Å². The molecule has 0 saturated carbocycles. The number of aliphatic hydroxyl groups excluding tert-OH is 1. The number of amides is 2. The van der Waals surface area contributed by atoms with Gasteiger partial charge in [0, 0.05) is 23.4 Å². The quantitative estimate of drug-likeness (QED) is 0.572. The molecule has 3 N–H and O–H groups in total. The summed E-state index contributed by atoms with van der Waals surface area (Å²) in [5.74, 6) is -0.288. The molecule has 2 aromatic carbocycles. The highest BCUT2D eigenvalue weighted by Gasteiger charge is 2.18. The molecule has 144 valence electrons. The molecule has 2 amide bonds. The van der Waals surface area contributed by atoms with Crippen LogP contribution in [-0.2, 0) is 16.1 Å². The van der Waals surface area contributed by atoms with Crippen molar-refractivity contribution in [1.29, 1.82) is 0 Å². The molecule has 28 heavy (non-hydrogen) atoms. The normalized spacial score (nSPS) is 13.3. The number of hydrogen-bond donors (Lipinski definition) is 3. The number of ether oxygens (including phenoxy) is 2. The average Bonchev–Trinajstić information content (AvgIpc) is 3.36. The van der Waals surface area contributed by atoms with Crippen LogP contribution >= 0.6 is 11.3 Å². The van der Waals surface area contributed by atoms with Crippen LogP contribution in [-0.4, -0.2) is 30.3 Å². The number of fused-ring (bicyclic) bond motifs is 2. The largest absolute Gasteiger partial charge is 0.454 e. The van der Waals surface area contributed by atoms with E-state index in [1.165, 1.54) is 11.3 Å². The lowest BCUT2D eigenvalue weighted by atomic mass is 10.1. The van der Waals surface area contributed by atoms with Gasteiger partial charge in [-0.05, 0) is 34.5 Å². The van der Waals surface area contributed by atoms with E-state index in [4.69, 9.17) is 9.47 Å². The Morgan fingerprint density at radius 2 is 1.86 bits per heavy atom. The predicted octanol–water partition coefficient (Wildman–Crippen LogP) is 2.10. The molecular weight excluding hydrogens is 380 g/mol. The van der Waals surface area contributed by atoms with Gasteiger partial charge in [0.2, 0.25) is 6.79 Å². The van der Waals surface area contributed by atoms with E-state index < -0.39 is 17.9 Å². The molecule has 3 aromatic rings. The number of rotatable bonds is 5. The van der Waals surface area contributed by atoms with Crippen molar-refractivity contribution in [2.45, 2.75) is 12.6 Å². The van der Waals surface area contributed by atoms with Gasteiger partial charge in [0.1, 0.15) is 0 Å². The summed E-state index contributed by atoms with van der Waals surface area (Å²) in [6.45, 7) is 0.312. The first-order chi connectivity index (χ1) is 13.6. The van der Waals surface area contributed by atoms with E-state index in [9.17, 15) is 14.7 Å². The Kier molecular flexibility index (Phi) is 5.14. The molecule has 4 rings (SSSR count). The van der Waals surface area contributed by atoms with Crippen molar-refractivity contribution in [3.8, 4) is 11.5 Å². The van der Waals surface area contributed by atoms with Crippen LogP contribution in [0.25, 0.3) is 10.1 Å². The number of hydrogen-bond acceptors (Lipinski definition) is 6. The number of benzene rings is 2. The molecule has 0 bridgehead atoms. The molecule has 1 atom stereocenters. The Morgan fingerprint density at radius 3 is 2.75 bits per heavy atom. The van der Waals surface area contributed by atoms with E-state index in [-0.39, 0.29) is 19.9 Å². The molecule has 0 spiro atoms. The Hall–Kier alpha value is -3.10. The molecule has 8 heteroatoms. The van der Waals surface area contributed by atoms with Crippen molar-refractivity contribution in [3.63, 3.8) is 0 Å². The first-order valence-corrected chi connectivity index (χ1v) is 9.58. The van der Waals surface area contributed by atoms with Gasteiger partial charge >= 0.3 is 11.8 Å². The average molecular weight is 398 g/mol. The van der Waals surface area contributed by atoms with Crippen LogP contribution in [0.1, 0.15) is 17.2 Å². The standard InChI is InChI=1S/C20H18N2O5S/c23-15(14-10-28-18-4-2-1-3-13(14)18)9-22-20(25)19(24)21-8-12-5-6-16-17(7-12)27-11-26-16/h1-7,10,15,23H,8-9,11H2,(H,21,24)(H,22,25). The summed E-state index contributed by atoms with van der Waals surface area (Å²) in [6.07, 6.45) is -0.887. The third-order valence-corrected chi connectivity index (χ3v) is 5.40. The molecule has 1 aliphatic heterocycles. The van der Waals surface area contributed by atoms with Crippen LogP contribution in [0.15, 0.2) is 47.8 Å². The van der Waals surface area contributed by atoms with E-state index in [0.717, 1.165) is 21.2 Å². The minimum Gasteiger partial charge on any atom is -0.454 e. The van der Waals surface area contributed by atoms with Crippen LogP contribution < -0.4 is 20.1 Å². The van der Waals surface area contributed by atoms with Gasteiger partial charge in [-0.3, -0.25) is 9.59 Å². The number of thiophene rings is 1. The van der Waals surface area contributed by atoms with Crippen molar-refractivity contribution < 1.29 is 24.2 Å². The molecule has 1 aromatic heterocycles. The van der Waals surface area contributed by atoms with Crippen LogP contribution in [0.3, 0.4) is 0 Å². The van der Waals surface area contributed by atoms with Crippen molar-refractivity contribution in [2.75, 3.05) is 13.3 Å². The van der Waals surface area contributed by atoms with Crippen LogP contribution in [0.4, 0.5) is 0 Å². The molecule has 7 nitrogen and oxygen atoms in total. The maximum absolute atomic E-state index is 12.0. The van der Waals surface area contributed by atoms with Crippen LogP contribution in [0.2, 0.25) is 0 Å². The zero-order chi connectivity index (χ0) is 19.5. The lowest BCUT2D eigenvalue weighted by Gasteiger charge is -2.12. The van der Waals surface area contributed by atoms with Crippen molar-refractivity contribution >= 4 is 33.2 Å². The summed E-state index contributed by atoms with van der Waals surface area (Å²) in [5, 5.41) is 18.2. The molecule has 0 aliphatic carbocycles. The molecule has 1 unspecified atom stereocenters. The Bertz CT molecular complexity index is 1030. The SMILES string of the molecule is O=C(NCc1ccc2c(c1)OCO2)C(=O)NCC(O)c1csc2ccccc12. The molecule has 2 heterocycles. The zero-order valence-electron chi connectivity index (χ0n) is 14.8. The first-order valence-electron chi connectivity index (χ1n) is 8.70. The highest BCUT2D eigenvalue weighted by molar-refractivity contribution is 7.17. The second-order valence-corrected chi connectivity index (χ2v) is 7.19.